The highest BCUT2D eigenvalue weighted by Crippen LogP contribution is 2.32. The van der Waals surface area contributed by atoms with Gasteiger partial charge in [0.2, 0.25) is 0 Å². The molecule has 1 fully saturated rings. The Morgan fingerprint density at radius 2 is 2.27 bits per heavy atom. The molecule has 1 aliphatic rings. The van der Waals surface area contributed by atoms with E-state index in [1.54, 1.807) is 13.4 Å². The molecule has 4 heteroatoms. The Kier molecular flexibility index (Phi) is 2.95. The van der Waals surface area contributed by atoms with E-state index in [0.29, 0.717) is 5.41 Å². The minimum Gasteiger partial charge on any atom is -0.384 e. The second-order valence-corrected chi connectivity index (χ2v) is 4.67. The van der Waals surface area contributed by atoms with Crippen LogP contribution in [0.25, 0.3) is 0 Å². The zero-order valence-electron chi connectivity index (χ0n) is 9.49. The van der Waals surface area contributed by atoms with Crippen molar-refractivity contribution in [2.75, 3.05) is 31.7 Å². The Hall–Kier alpha value is -1.03. The number of ether oxygens (including phenoxy) is 1. The lowest BCUT2D eigenvalue weighted by molar-refractivity contribution is 0.0730. The van der Waals surface area contributed by atoms with Crippen LogP contribution in [-0.2, 0) is 4.74 Å². The maximum atomic E-state index is 5.27. The summed E-state index contributed by atoms with van der Waals surface area (Å²) in [7, 11) is 1.78. The molecular formula is C11H19N3O. The van der Waals surface area contributed by atoms with Crippen LogP contribution in [0, 0.1) is 5.41 Å². The number of anilines is 1. The lowest BCUT2D eigenvalue weighted by Crippen LogP contribution is -2.40. The molecule has 0 amide bonds. The molecule has 0 atom stereocenters. The smallest absolute Gasteiger partial charge is 0.125 e. The van der Waals surface area contributed by atoms with Gasteiger partial charge in [-0.25, -0.2) is 4.98 Å². The summed E-state index contributed by atoms with van der Waals surface area (Å²) in [5, 5.41) is 0. The zero-order valence-corrected chi connectivity index (χ0v) is 9.49. The molecule has 1 aromatic rings. The number of aromatic nitrogens is 2. The highest BCUT2D eigenvalue weighted by molar-refractivity contribution is 5.36. The molecule has 0 unspecified atom stereocenters. The van der Waals surface area contributed by atoms with E-state index in [1.807, 2.05) is 6.20 Å². The quantitative estimate of drug-likeness (QED) is 0.823. The Morgan fingerprint density at radius 1 is 1.53 bits per heavy atom. The Balaban J connectivity index is 1.92. The van der Waals surface area contributed by atoms with Gasteiger partial charge in [0.1, 0.15) is 5.82 Å². The number of rotatable bonds is 3. The van der Waals surface area contributed by atoms with Crippen LogP contribution >= 0.6 is 0 Å². The third-order valence-electron chi connectivity index (χ3n) is 3.29. The molecule has 0 saturated carbocycles. The lowest BCUT2D eigenvalue weighted by atomic mass is 9.81. The van der Waals surface area contributed by atoms with E-state index in [-0.39, 0.29) is 0 Å². The zero-order chi connectivity index (χ0) is 10.7. The number of imidazole rings is 1. The average Bonchev–Trinajstić information content (AvgIpc) is 2.72. The maximum Gasteiger partial charge on any atom is 0.125 e. The maximum absolute atomic E-state index is 5.27. The van der Waals surface area contributed by atoms with Gasteiger partial charge < -0.3 is 14.6 Å². The molecule has 4 nitrogen and oxygen atoms in total. The summed E-state index contributed by atoms with van der Waals surface area (Å²) < 4.78 is 5.27. The number of hydrogen-bond donors (Lipinski definition) is 1. The fourth-order valence-electron chi connectivity index (χ4n) is 2.20. The van der Waals surface area contributed by atoms with Gasteiger partial charge in [-0.15, -0.1) is 0 Å². The van der Waals surface area contributed by atoms with Gasteiger partial charge in [-0.2, -0.15) is 0 Å². The van der Waals surface area contributed by atoms with Crippen molar-refractivity contribution in [3.63, 3.8) is 0 Å². The summed E-state index contributed by atoms with van der Waals surface area (Å²) in [6.45, 7) is 5.34. The van der Waals surface area contributed by atoms with Gasteiger partial charge >= 0.3 is 0 Å². The van der Waals surface area contributed by atoms with Gasteiger partial charge in [0.25, 0.3) is 0 Å². The molecule has 1 aromatic heterocycles. The molecule has 0 radical (unpaired) electrons. The highest BCUT2D eigenvalue weighted by atomic mass is 16.5. The normalized spacial score (nSPS) is 20.5. The predicted octanol–water partition coefficient (Wildman–Crippen LogP) is 1.66. The lowest BCUT2D eigenvalue weighted by Gasteiger charge is -2.39. The van der Waals surface area contributed by atoms with E-state index in [1.165, 1.54) is 12.8 Å². The van der Waals surface area contributed by atoms with Crippen molar-refractivity contribution in [3.8, 4) is 0 Å². The molecule has 0 aliphatic carbocycles. The molecule has 1 saturated heterocycles. The predicted molar refractivity (Wildman–Crippen MR) is 60.0 cm³/mol. The van der Waals surface area contributed by atoms with Crippen molar-refractivity contribution in [2.24, 2.45) is 5.41 Å². The molecule has 0 aromatic carbocycles. The largest absolute Gasteiger partial charge is 0.384 e. The number of nitrogens with one attached hydrogen (secondary N) is 1. The topological polar surface area (TPSA) is 41.1 Å². The van der Waals surface area contributed by atoms with E-state index in [9.17, 15) is 0 Å². The molecule has 0 bridgehead atoms. The number of methoxy groups -OCH3 is 1. The first-order valence-electron chi connectivity index (χ1n) is 5.46. The van der Waals surface area contributed by atoms with Crippen molar-refractivity contribution in [1.82, 2.24) is 9.97 Å². The van der Waals surface area contributed by atoms with Crippen LogP contribution in [0.5, 0.6) is 0 Å². The molecule has 2 rings (SSSR count). The van der Waals surface area contributed by atoms with E-state index in [0.717, 1.165) is 25.5 Å². The summed E-state index contributed by atoms with van der Waals surface area (Å²) in [5.41, 5.74) is 0.352. The van der Waals surface area contributed by atoms with Gasteiger partial charge in [0.05, 0.1) is 19.1 Å². The fraction of sp³-hybridized carbons (Fsp3) is 0.727. The molecule has 1 N–H and O–H groups in total. The summed E-state index contributed by atoms with van der Waals surface area (Å²) in [5.74, 6) is 1.13. The first kappa shape index (κ1) is 10.5. The third-order valence-corrected chi connectivity index (χ3v) is 3.29. The molecule has 84 valence electrons. The average molecular weight is 209 g/mol. The van der Waals surface area contributed by atoms with Crippen molar-refractivity contribution in [1.29, 1.82) is 0 Å². The van der Waals surface area contributed by atoms with Crippen molar-refractivity contribution >= 4 is 5.82 Å². The number of aromatic amines is 1. The van der Waals surface area contributed by atoms with Crippen molar-refractivity contribution in [3.05, 3.63) is 12.5 Å². The van der Waals surface area contributed by atoms with E-state index < -0.39 is 0 Å². The first-order valence-corrected chi connectivity index (χ1v) is 5.46. The van der Waals surface area contributed by atoms with Gasteiger partial charge in [0, 0.05) is 20.2 Å². The number of nitrogens with zero attached hydrogens (tertiary/aromatic N) is 2. The van der Waals surface area contributed by atoms with Gasteiger partial charge in [-0.05, 0) is 18.3 Å². The van der Waals surface area contributed by atoms with E-state index in [2.05, 4.69) is 21.8 Å². The van der Waals surface area contributed by atoms with Crippen LogP contribution in [-0.4, -0.2) is 36.8 Å². The summed E-state index contributed by atoms with van der Waals surface area (Å²) >= 11 is 0. The van der Waals surface area contributed by atoms with E-state index in [4.69, 9.17) is 4.74 Å². The summed E-state index contributed by atoms with van der Waals surface area (Å²) in [6.07, 6.45) is 5.98. The number of hydrogen-bond acceptors (Lipinski definition) is 3. The minimum absolute atomic E-state index is 0.352. The van der Waals surface area contributed by atoms with E-state index >= 15 is 0 Å². The Morgan fingerprint density at radius 3 is 2.80 bits per heavy atom. The summed E-state index contributed by atoms with van der Waals surface area (Å²) in [6, 6.07) is 0. The Labute approximate surface area is 90.6 Å². The van der Waals surface area contributed by atoms with Crippen LogP contribution in [0.15, 0.2) is 12.5 Å². The van der Waals surface area contributed by atoms with Crippen LogP contribution in [0.3, 0.4) is 0 Å². The second-order valence-electron chi connectivity index (χ2n) is 4.67. The first-order chi connectivity index (χ1) is 7.23. The molecule has 15 heavy (non-hydrogen) atoms. The standard InChI is InChI=1S/C11H19N3O/c1-11(8-15-2)3-5-14(6-4-11)10-7-12-9-13-10/h7,9H,3-6,8H2,1-2H3,(H,12,13). The van der Waals surface area contributed by atoms with Crippen LogP contribution in [0.2, 0.25) is 0 Å². The molecule has 2 heterocycles. The minimum atomic E-state index is 0.352. The number of H-pyrrole nitrogens is 1. The summed E-state index contributed by atoms with van der Waals surface area (Å²) in [4.78, 5) is 9.55. The van der Waals surface area contributed by atoms with Crippen molar-refractivity contribution < 1.29 is 4.74 Å². The van der Waals surface area contributed by atoms with Crippen LogP contribution in [0.4, 0.5) is 5.82 Å². The van der Waals surface area contributed by atoms with Gasteiger partial charge in [-0.1, -0.05) is 6.92 Å². The molecule has 0 spiro atoms. The Bertz CT molecular complexity index is 289. The third kappa shape index (κ3) is 2.31. The van der Waals surface area contributed by atoms with Crippen LogP contribution < -0.4 is 4.90 Å². The van der Waals surface area contributed by atoms with Crippen molar-refractivity contribution in [2.45, 2.75) is 19.8 Å². The number of piperidine rings is 1. The van der Waals surface area contributed by atoms with Crippen LogP contribution in [0.1, 0.15) is 19.8 Å². The fourth-order valence-corrected chi connectivity index (χ4v) is 2.20. The molecular weight excluding hydrogens is 190 g/mol. The second kappa shape index (κ2) is 4.23. The molecule has 1 aliphatic heterocycles. The van der Waals surface area contributed by atoms with Gasteiger partial charge in [-0.3, -0.25) is 0 Å². The van der Waals surface area contributed by atoms with Gasteiger partial charge in [0.15, 0.2) is 0 Å². The monoisotopic (exact) mass is 209 g/mol. The SMILES string of the molecule is COCC1(C)CCN(c2cnc[nH]2)CC1. The highest BCUT2D eigenvalue weighted by Gasteiger charge is 2.30.